The molecule has 0 aliphatic heterocycles. The van der Waals surface area contributed by atoms with Crippen molar-refractivity contribution < 1.29 is 0 Å². The molecule has 0 nitrogen and oxygen atoms in total. The third kappa shape index (κ3) is 0.466. The summed E-state index contributed by atoms with van der Waals surface area (Å²) < 4.78 is 0. The topological polar surface area (TPSA) is 0 Å². The van der Waals surface area contributed by atoms with E-state index in [4.69, 9.17) is 0 Å². The van der Waals surface area contributed by atoms with Crippen LogP contribution in [-0.2, 0) is 0 Å². The molecular formula is C10H18. The van der Waals surface area contributed by atoms with Gasteiger partial charge in [-0.2, -0.15) is 0 Å². The molecule has 2 rings (SSSR count). The van der Waals surface area contributed by atoms with E-state index in [0.29, 0.717) is 10.8 Å². The second kappa shape index (κ2) is 1.31. The molecule has 2 unspecified atom stereocenters. The lowest BCUT2D eigenvalue weighted by Gasteiger charge is -2.34. The highest BCUT2D eigenvalue weighted by atomic mass is 14.9. The molecule has 0 aromatic carbocycles. The fourth-order valence-corrected chi connectivity index (χ4v) is 3.02. The lowest BCUT2D eigenvalue weighted by atomic mass is 9.70. The molecular weight excluding hydrogens is 120 g/mol. The Morgan fingerprint density at radius 3 is 1.60 bits per heavy atom. The minimum absolute atomic E-state index is 0.550. The zero-order valence-corrected chi connectivity index (χ0v) is 7.73. The van der Waals surface area contributed by atoms with Gasteiger partial charge in [-0.05, 0) is 28.6 Å². The summed E-state index contributed by atoms with van der Waals surface area (Å²) in [6, 6.07) is 0. The average Bonchev–Trinajstić information content (AvgIpc) is 2.54. The maximum Gasteiger partial charge on any atom is -0.0209 e. The highest BCUT2D eigenvalue weighted by Gasteiger charge is 2.81. The summed E-state index contributed by atoms with van der Waals surface area (Å²) in [5, 5.41) is 0. The summed E-state index contributed by atoms with van der Waals surface area (Å²) in [7, 11) is 0. The molecule has 0 radical (unpaired) electrons. The number of rotatable bonds is 0. The van der Waals surface area contributed by atoms with Gasteiger partial charge in [0.25, 0.3) is 0 Å². The first-order valence-corrected chi connectivity index (χ1v) is 4.40. The molecule has 10 heavy (non-hydrogen) atoms. The Bertz CT molecular complexity index is 163. The van der Waals surface area contributed by atoms with Crippen LogP contribution in [0.2, 0.25) is 0 Å². The quantitative estimate of drug-likeness (QED) is 0.483. The first kappa shape index (κ1) is 6.69. The van der Waals surface area contributed by atoms with E-state index in [1.54, 1.807) is 0 Å². The van der Waals surface area contributed by atoms with Crippen LogP contribution in [0.4, 0.5) is 0 Å². The van der Waals surface area contributed by atoms with Gasteiger partial charge in [-0.1, -0.05) is 34.6 Å². The van der Waals surface area contributed by atoms with Gasteiger partial charge in [-0.15, -0.1) is 0 Å². The van der Waals surface area contributed by atoms with Crippen LogP contribution in [0.3, 0.4) is 0 Å². The lowest BCUT2D eigenvalue weighted by molar-refractivity contribution is 0.139. The zero-order valence-electron chi connectivity index (χ0n) is 7.73. The summed E-state index contributed by atoms with van der Waals surface area (Å²) in [5.74, 6) is 3.24. The Morgan fingerprint density at radius 2 is 1.50 bits per heavy atom. The molecule has 0 aromatic rings. The molecule has 0 N–H and O–H groups in total. The van der Waals surface area contributed by atoms with Crippen molar-refractivity contribution in [2.75, 3.05) is 0 Å². The van der Waals surface area contributed by atoms with Crippen molar-refractivity contribution >= 4 is 0 Å². The Balaban J connectivity index is 2.11. The van der Waals surface area contributed by atoms with E-state index in [9.17, 15) is 0 Å². The van der Waals surface area contributed by atoms with Gasteiger partial charge in [0.05, 0.1) is 0 Å². The van der Waals surface area contributed by atoms with Gasteiger partial charge in [0, 0.05) is 0 Å². The van der Waals surface area contributed by atoms with Crippen molar-refractivity contribution in [2.24, 2.45) is 28.6 Å². The Labute approximate surface area is 64.0 Å². The van der Waals surface area contributed by atoms with E-state index in [-0.39, 0.29) is 0 Å². The van der Waals surface area contributed by atoms with Crippen molar-refractivity contribution in [1.82, 2.24) is 0 Å². The van der Waals surface area contributed by atoms with Gasteiger partial charge >= 0.3 is 0 Å². The van der Waals surface area contributed by atoms with E-state index in [1.165, 1.54) is 0 Å². The van der Waals surface area contributed by atoms with Gasteiger partial charge in [-0.3, -0.25) is 0 Å². The predicted molar refractivity (Wildman–Crippen MR) is 43.7 cm³/mol. The van der Waals surface area contributed by atoms with Crippen LogP contribution in [0.5, 0.6) is 0 Å². The predicted octanol–water partition coefficient (Wildman–Crippen LogP) is 2.93. The summed E-state index contributed by atoms with van der Waals surface area (Å²) in [4.78, 5) is 0. The second-order valence-corrected chi connectivity index (χ2v) is 5.44. The van der Waals surface area contributed by atoms with Crippen LogP contribution >= 0.6 is 0 Å². The van der Waals surface area contributed by atoms with Gasteiger partial charge in [0.1, 0.15) is 0 Å². The first-order valence-electron chi connectivity index (χ1n) is 4.40. The van der Waals surface area contributed by atoms with Crippen LogP contribution in [-0.4, -0.2) is 0 Å². The summed E-state index contributed by atoms with van der Waals surface area (Å²) in [5.41, 5.74) is 1.27. The molecule has 2 atom stereocenters. The minimum atomic E-state index is 0.550. The third-order valence-corrected chi connectivity index (χ3v) is 4.27. The number of hydrogen-bond acceptors (Lipinski definition) is 0. The molecule has 0 heteroatoms. The number of hydrogen-bond donors (Lipinski definition) is 0. The van der Waals surface area contributed by atoms with Crippen molar-refractivity contribution in [1.29, 1.82) is 0 Å². The Hall–Kier alpha value is 0. The van der Waals surface area contributed by atoms with Crippen LogP contribution in [0, 0.1) is 28.6 Å². The van der Waals surface area contributed by atoms with Gasteiger partial charge in [0.15, 0.2) is 0 Å². The Morgan fingerprint density at radius 1 is 1.10 bits per heavy atom. The maximum atomic E-state index is 2.46. The third-order valence-electron chi connectivity index (χ3n) is 4.27. The summed E-state index contributed by atoms with van der Waals surface area (Å²) >= 11 is 0. The second-order valence-electron chi connectivity index (χ2n) is 5.44. The molecule has 2 aliphatic carbocycles. The van der Waals surface area contributed by atoms with E-state index in [0.717, 1.165) is 17.8 Å². The largest absolute Gasteiger partial charge is 0.0619 e. The molecule has 0 heterocycles. The summed E-state index contributed by atoms with van der Waals surface area (Å²) in [6.07, 6.45) is 0. The van der Waals surface area contributed by atoms with E-state index < -0.39 is 0 Å². The van der Waals surface area contributed by atoms with Gasteiger partial charge in [-0.25, -0.2) is 0 Å². The molecule has 0 spiro atoms. The van der Waals surface area contributed by atoms with E-state index in [1.807, 2.05) is 0 Å². The molecule has 2 saturated carbocycles. The molecule has 0 saturated heterocycles. The molecule has 2 aliphatic rings. The monoisotopic (exact) mass is 138 g/mol. The first-order chi connectivity index (χ1) is 4.40. The van der Waals surface area contributed by atoms with Crippen LogP contribution < -0.4 is 0 Å². The smallest absolute Gasteiger partial charge is 0.0209 e. The molecule has 0 aromatic heterocycles. The SMILES string of the molecule is CC1C2C1C2(C)C(C)(C)C. The van der Waals surface area contributed by atoms with Crippen molar-refractivity contribution in [2.45, 2.75) is 34.6 Å². The van der Waals surface area contributed by atoms with Gasteiger partial charge in [0.2, 0.25) is 0 Å². The van der Waals surface area contributed by atoms with Gasteiger partial charge < -0.3 is 0 Å². The maximum absolute atomic E-state index is 2.46. The summed E-state index contributed by atoms with van der Waals surface area (Å²) in [6.45, 7) is 12.0. The number of fused-ring (bicyclic) bond motifs is 1. The normalized spacial score (nSPS) is 57.9. The highest BCUT2D eigenvalue weighted by Crippen LogP contribution is 2.86. The molecule has 0 amide bonds. The van der Waals surface area contributed by atoms with Crippen molar-refractivity contribution in [3.8, 4) is 0 Å². The van der Waals surface area contributed by atoms with E-state index >= 15 is 0 Å². The molecule has 2 fully saturated rings. The molecule has 58 valence electrons. The van der Waals surface area contributed by atoms with Crippen LogP contribution in [0.1, 0.15) is 34.6 Å². The fourth-order valence-electron chi connectivity index (χ4n) is 3.02. The Kier molecular flexibility index (Phi) is 0.874. The standard InChI is InChI=1S/C10H18/c1-6-7-8(6)10(7,5)9(2,3)4/h6-8H,1-5H3. The van der Waals surface area contributed by atoms with Crippen molar-refractivity contribution in [3.05, 3.63) is 0 Å². The minimum Gasteiger partial charge on any atom is -0.0619 e. The average molecular weight is 138 g/mol. The molecule has 0 bridgehead atoms. The lowest BCUT2D eigenvalue weighted by Crippen LogP contribution is -2.28. The van der Waals surface area contributed by atoms with Crippen LogP contribution in [0.25, 0.3) is 0 Å². The zero-order chi connectivity index (χ0) is 7.73. The highest BCUT2D eigenvalue weighted by molar-refractivity contribution is 5.28. The van der Waals surface area contributed by atoms with Crippen molar-refractivity contribution in [3.63, 3.8) is 0 Å². The van der Waals surface area contributed by atoms with E-state index in [2.05, 4.69) is 34.6 Å². The fraction of sp³-hybridized carbons (Fsp3) is 1.00. The van der Waals surface area contributed by atoms with Crippen LogP contribution in [0.15, 0.2) is 0 Å².